The van der Waals surface area contributed by atoms with Crippen LogP contribution in [-0.4, -0.2) is 28.3 Å². The number of hydrogen-bond donors (Lipinski definition) is 3. The maximum Gasteiger partial charge on any atom is 0.315 e. The van der Waals surface area contributed by atoms with Crippen LogP contribution in [0.4, 0.5) is 4.79 Å². The molecular formula is C12H17N3O4. The highest BCUT2D eigenvalue weighted by molar-refractivity contribution is 5.75. The number of carboxylic acid groups (broad SMARTS) is 1. The molecule has 1 aliphatic rings. The standard InChI is InChI=1S/C12H17N3O4/c1-7-4-10(15-19-7)6-13-12(18)14-9-3-2-8(5-9)11(16)17/h4,8-9H,2-3,5-6H2,1H3,(H,16,17)(H2,13,14,18). The Kier molecular flexibility index (Phi) is 4.03. The van der Waals surface area contributed by atoms with Crippen molar-refractivity contribution in [1.82, 2.24) is 15.8 Å². The van der Waals surface area contributed by atoms with Gasteiger partial charge in [-0.25, -0.2) is 4.79 Å². The number of aromatic nitrogens is 1. The quantitative estimate of drug-likeness (QED) is 0.756. The SMILES string of the molecule is Cc1cc(CNC(=O)NC2CCC(C(=O)O)C2)no1. The number of aliphatic carboxylic acids is 1. The third-order valence-corrected chi connectivity index (χ3v) is 3.22. The summed E-state index contributed by atoms with van der Waals surface area (Å²) in [5, 5.41) is 18.1. The summed E-state index contributed by atoms with van der Waals surface area (Å²) in [5.41, 5.74) is 0.655. The first kappa shape index (κ1) is 13.4. The molecule has 1 fully saturated rings. The summed E-state index contributed by atoms with van der Waals surface area (Å²) < 4.78 is 4.88. The minimum atomic E-state index is -0.789. The minimum Gasteiger partial charge on any atom is -0.481 e. The van der Waals surface area contributed by atoms with E-state index in [1.165, 1.54) is 0 Å². The van der Waals surface area contributed by atoms with Crippen molar-refractivity contribution in [2.24, 2.45) is 5.92 Å². The van der Waals surface area contributed by atoms with Crippen LogP contribution in [-0.2, 0) is 11.3 Å². The van der Waals surface area contributed by atoms with E-state index < -0.39 is 5.97 Å². The van der Waals surface area contributed by atoms with E-state index >= 15 is 0 Å². The van der Waals surface area contributed by atoms with E-state index in [1.54, 1.807) is 13.0 Å². The molecule has 1 aromatic heterocycles. The number of carbonyl (C=O) groups is 2. The van der Waals surface area contributed by atoms with E-state index in [-0.39, 0.29) is 24.5 Å². The fourth-order valence-electron chi connectivity index (χ4n) is 2.25. The van der Waals surface area contributed by atoms with Crippen LogP contribution in [0.2, 0.25) is 0 Å². The number of amides is 2. The fourth-order valence-corrected chi connectivity index (χ4v) is 2.25. The number of aryl methyl sites for hydroxylation is 1. The molecule has 104 valence electrons. The summed E-state index contributed by atoms with van der Waals surface area (Å²) >= 11 is 0. The Hall–Kier alpha value is -2.05. The largest absolute Gasteiger partial charge is 0.481 e. The van der Waals surface area contributed by atoms with Crippen molar-refractivity contribution in [3.8, 4) is 0 Å². The first-order valence-corrected chi connectivity index (χ1v) is 6.24. The number of nitrogens with zero attached hydrogens (tertiary/aromatic N) is 1. The molecule has 2 amide bonds. The Morgan fingerprint density at radius 3 is 2.89 bits per heavy atom. The Labute approximate surface area is 110 Å². The Balaban J connectivity index is 1.72. The highest BCUT2D eigenvalue weighted by Crippen LogP contribution is 2.25. The highest BCUT2D eigenvalue weighted by Gasteiger charge is 2.30. The third-order valence-electron chi connectivity index (χ3n) is 3.22. The molecule has 1 aromatic rings. The monoisotopic (exact) mass is 267 g/mol. The Morgan fingerprint density at radius 2 is 2.32 bits per heavy atom. The van der Waals surface area contributed by atoms with Crippen molar-refractivity contribution in [2.45, 2.75) is 38.8 Å². The van der Waals surface area contributed by atoms with Gasteiger partial charge in [0, 0.05) is 12.1 Å². The number of nitrogens with one attached hydrogen (secondary N) is 2. The summed E-state index contributed by atoms with van der Waals surface area (Å²) in [6.07, 6.45) is 1.81. The van der Waals surface area contributed by atoms with E-state index in [2.05, 4.69) is 15.8 Å². The predicted molar refractivity (Wildman–Crippen MR) is 65.4 cm³/mol. The molecule has 0 spiro atoms. The maximum atomic E-state index is 11.6. The van der Waals surface area contributed by atoms with Crippen LogP contribution in [0.25, 0.3) is 0 Å². The van der Waals surface area contributed by atoms with Gasteiger partial charge in [-0.05, 0) is 26.2 Å². The summed E-state index contributed by atoms with van der Waals surface area (Å²) in [4.78, 5) is 22.4. The molecule has 0 aliphatic heterocycles. The second-order valence-corrected chi connectivity index (χ2v) is 4.80. The van der Waals surface area contributed by atoms with Gasteiger partial charge >= 0.3 is 12.0 Å². The van der Waals surface area contributed by atoms with E-state index in [0.29, 0.717) is 30.7 Å². The van der Waals surface area contributed by atoms with Gasteiger partial charge in [0.15, 0.2) is 0 Å². The molecule has 3 N–H and O–H groups in total. The van der Waals surface area contributed by atoms with Crippen LogP contribution in [0.5, 0.6) is 0 Å². The normalized spacial score (nSPS) is 22.2. The average molecular weight is 267 g/mol. The van der Waals surface area contributed by atoms with Gasteiger partial charge in [0.1, 0.15) is 11.5 Å². The number of carboxylic acids is 1. The van der Waals surface area contributed by atoms with Gasteiger partial charge in [0.25, 0.3) is 0 Å². The van der Waals surface area contributed by atoms with E-state index in [4.69, 9.17) is 9.63 Å². The second kappa shape index (κ2) is 5.73. The zero-order valence-corrected chi connectivity index (χ0v) is 10.7. The second-order valence-electron chi connectivity index (χ2n) is 4.80. The summed E-state index contributed by atoms with van der Waals surface area (Å²) in [6.45, 7) is 2.07. The lowest BCUT2D eigenvalue weighted by Crippen LogP contribution is -2.40. The highest BCUT2D eigenvalue weighted by atomic mass is 16.5. The summed E-state index contributed by atoms with van der Waals surface area (Å²) in [5.74, 6) is -0.441. The number of rotatable bonds is 4. The lowest BCUT2D eigenvalue weighted by atomic mass is 10.1. The van der Waals surface area contributed by atoms with Crippen molar-refractivity contribution in [1.29, 1.82) is 0 Å². The van der Waals surface area contributed by atoms with E-state index in [1.807, 2.05) is 0 Å². The lowest BCUT2D eigenvalue weighted by Gasteiger charge is -2.12. The van der Waals surface area contributed by atoms with Gasteiger partial charge in [-0.2, -0.15) is 0 Å². The predicted octanol–water partition coefficient (Wildman–Crippen LogP) is 1.04. The van der Waals surface area contributed by atoms with Crippen molar-refractivity contribution < 1.29 is 19.2 Å². The van der Waals surface area contributed by atoms with Crippen molar-refractivity contribution in [3.05, 3.63) is 17.5 Å². The topological polar surface area (TPSA) is 104 Å². The number of urea groups is 1. The van der Waals surface area contributed by atoms with Crippen molar-refractivity contribution in [3.63, 3.8) is 0 Å². The van der Waals surface area contributed by atoms with Crippen LogP contribution in [0, 0.1) is 12.8 Å². The Bertz CT molecular complexity index is 471. The summed E-state index contributed by atoms with van der Waals surface area (Å²) in [7, 11) is 0. The first-order valence-electron chi connectivity index (χ1n) is 6.24. The van der Waals surface area contributed by atoms with E-state index in [9.17, 15) is 9.59 Å². The number of carbonyl (C=O) groups excluding carboxylic acids is 1. The fraction of sp³-hybridized carbons (Fsp3) is 0.583. The molecule has 7 nitrogen and oxygen atoms in total. The van der Waals surface area contributed by atoms with Gasteiger partial charge in [-0.15, -0.1) is 0 Å². The zero-order chi connectivity index (χ0) is 13.8. The molecule has 0 bridgehead atoms. The maximum absolute atomic E-state index is 11.6. The molecule has 19 heavy (non-hydrogen) atoms. The van der Waals surface area contributed by atoms with Crippen molar-refractivity contribution in [2.75, 3.05) is 0 Å². The molecule has 0 aromatic carbocycles. The molecule has 0 radical (unpaired) electrons. The molecule has 1 saturated carbocycles. The molecule has 0 saturated heterocycles. The first-order chi connectivity index (χ1) is 9.04. The molecule has 7 heteroatoms. The van der Waals surface area contributed by atoms with Gasteiger partial charge < -0.3 is 20.3 Å². The average Bonchev–Trinajstić information content (AvgIpc) is 2.96. The van der Waals surface area contributed by atoms with Gasteiger partial charge in [-0.3, -0.25) is 4.79 Å². The van der Waals surface area contributed by atoms with Gasteiger partial charge in [0.05, 0.1) is 12.5 Å². The van der Waals surface area contributed by atoms with Crippen LogP contribution in [0.15, 0.2) is 10.6 Å². The van der Waals surface area contributed by atoms with Crippen LogP contribution in [0.3, 0.4) is 0 Å². The Morgan fingerprint density at radius 1 is 1.53 bits per heavy atom. The molecule has 1 aliphatic carbocycles. The van der Waals surface area contributed by atoms with Crippen LogP contribution in [0.1, 0.15) is 30.7 Å². The van der Waals surface area contributed by atoms with Crippen molar-refractivity contribution >= 4 is 12.0 Å². The molecule has 1 heterocycles. The smallest absolute Gasteiger partial charge is 0.315 e. The minimum absolute atomic E-state index is 0.0693. The van der Waals surface area contributed by atoms with Gasteiger partial charge in [-0.1, -0.05) is 5.16 Å². The molecule has 2 rings (SSSR count). The van der Waals surface area contributed by atoms with Crippen LogP contribution >= 0.6 is 0 Å². The molecular weight excluding hydrogens is 250 g/mol. The van der Waals surface area contributed by atoms with Crippen LogP contribution < -0.4 is 10.6 Å². The summed E-state index contributed by atoms with van der Waals surface area (Å²) in [6, 6.07) is 1.37. The molecule has 2 atom stereocenters. The van der Waals surface area contributed by atoms with E-state index in [0.717, 1.165) is 0 Å². The number of hydrogen-bond acceptors (Lipinski definition) is 4. The zero-order valence-electron chi connectivity index (χ0n) is 10.7. The van der Waals surface area contributed by atoms with Gasteiger partial charge in [0.2, 0.25) is 0 Å². The molecule has 2 unspecified atom stereocenters. The lowest BCUT2D eigenvalue weighted by molar-refractivity contribution is -0.141. The third kappa shape index (κ3) is 3.70.